The van der Waals surface area contributed by atoms with E-state index in [2.05, 4.69) is 49.4 Å². The summed E-state index contributed by atoms with van der Waals surface area (Å²) in [6.07, 6.45) is 3.77. The van der Waals surface area contributed by atoms with Crippen molar-refractivity contribution < 1.29 is 0 Å². The summed E-state index contributed by atoms with van der Waals surface area (Å²) < 4.78 is 0. The van der Waals surface area contributed by atoms with Crippen LogP contribution in [0, 0.1) is 6.92 Å². The number of benzene rings is 1. The number of anilines is 1. The number of thiazole rings is 1. The molecule has 0 saturated carbocycles. The molecule has 1 aliphatic heterocycles. The highest BCUT2D eigenvalue weighted by Gasteiger charge is 2.19. The molecule has 0 radical (unpaired) electrons. The lowest BCUT2D eigenvalue weighted by Crippen LogP contribution is -2.46. The molecule has 4 rings (SSSR count). The zero-order chi connectivity index (χ0) is 17.1. The lowest BCUT2D eigenvalue weighted by molar-refractivity contribution is 0.248. The third-order valence-electron chi connectivity index (χ3n) is 4.40. The first-order valence-corrected chi connectivity index (χ1v) is 9.42. The summed E-state index contributed by atoms with van der Waals surface area (Å²) in [5.74, 6) is 0.839. The van der Waals surface area contributed by atoms with E-state index in [0.29, 0.717) is 0 Å². The summed E-state index contributed by atoms with van der Waals surface area (Å²) in [5, 5.41) is 3.33. The standard InChI is InChI=1S/C19H21N5S/c1-15-11-20-19(21-12-15)24-9-7-23(8-10-24)13-18-22-17(14-25-18)16-5-3-2-4-6-16/h2-6,11-12,14H,7-10,13H2,1H3. The summed E-state index contributed by atoms with van der Waals surface area (Å²) in [7, 11) is 0. The monoisotopic (exact) mass is 351 g/mol. The van der Waals surface area contributed by atoms with E-state index >= 15 is 0 Å². The van der Waals surface area contributed by atoms with Gasteiger partial charge in [-0.15, -0.1) is 11.3 Å². The largest absolute Gasteiger partial charge is 0.338 e. The van der Waals surface area contributed by atoms with Crippen molar-refractivity contribution in [2.75, 3.05) is 31.1 Å². The van der Waals surface area contributed by atoms with Crippen LogP contribution in [0.15, 0.2) is 48.1 Å². The first-order valence-electron chi connectivity index (χ1n) is 8.54. The van der Waals surface area contributed by atoms with E-state index in [9.17, 15) is 0 Å². The molecule has 0 unspecified atom stereocenters. The molecular formula is C19H21N5S. The van der Waals surface area contributed by atoms with Crippen LogP contribution in [0.2, 0.25) is 0 Å². The Kier molecular flexibility index (Phi) is 4.72. The predicted octanol–water partition coefficient (Wildman–Crippen LogP) is 3.23. The number of aromatic nitrogens is 3. The van der Waals surface area contributed by atoms with Gasteiger partial charge < -0.3 is 4.90 Å². The van der Waals surface area contributed by atoms with Crippen molar-refractivity contribution in [1.29, 1.82) is 0 Å². The Labute approximate surface area is 152 Å². The van der Waals surface area contributed by atoms with E-state index in [1.165, 1.54) is 10.6 Å². The molecule has 2 aromatic heterocycles. The van der Waals surface area contributed by atoms with Crippen LogP contribution in [-0.4, -0.2) is 46.0 Å². The number of hydrogen-bond acceptors (Lipinski definition) is 6. The molecule has 0 amide bonds. The smallest absolute Gasteiger partial charge is 0.225 e. The summed E-state index contributed by atoms with van der Waals surface area (Å²) in [6.45, 7) is 6.87. The van der Waals surface area contributed by atoms with E-state index in [4.69, 9.17) is 4.98 Å². The molecular weight excluding hydrogens is 330 g/mol. The fraction of sp³-hybridized carbons (Fsp3) is 0.316. The van der Waals surface area contributed by atoms with Gasteiger partial charge in [-0.1, -0.05) is 30.3 Å². The van der Waals surface area contributed by atoms with E-state index < -0.39 is 0 Å². The minimum absolute atomic E-state index is 0.839. The molecule has 0 aliphatic carbocycles. The van der Waals surface area contributed by atoms with Crippen LogP contribution >= 0.6 is 11.3 Å². The van der Waals surface area contributed by atoms with E-state index in [-0.39, 0.29) is 0 Å². The van der Waals surface area contributed by atoms with Crippen molar-refractivity contribution in [2.45, 2.75) is 13.5 Å². The number of aryl methyl sites for hydroxylation is 1. The van der Waals surface area contributed by atoms with Gasteiger partial charge in [-0.25, -0.2) is 15.0 Å². The highest BCUT2D eigenvalue weighted by atomic mass is 32.1. The van der Waals surface area contributed by atoms with Gasteiger partial charge in [0.05, 0.1) is 12.2 Å². The second-order valence-corrected chi connectivity index (χ2v) is 7.26. The summed E-state index contributed by atoms with van der Waals surface area (Å²) in [5.41, 5.74) is 3.36. The van der Waals surface area contributed by atoms with Crippen LogP contribution in [-0.2, 0) is 6.54 Å². The Balaban J connectivity index is 1.34. The zero-order valence-electron chi connectivity index (χ0n) is 14.3. The predicted molar refractivity (Wildman–Crippen MR) is 102 cm³/mol. The molecule has 0 bridgehead atoms. The minimum atomic E-state index is 0.839. The molecule has 1 aliphatic rings. The Morgan fingerprint density at radius 3 is 2.44 bits per heavy atom. The van der Waals surface area contributed by atoms with E-state index in [0.717, 1.165) is 49.9 Å². The fourth-order valence-electron chi connectivity index (χ4n) is 2.97. The Morgan fingerprint density at radius 1 is 1.00 bits per heavy atom. The summed E-state index contributed by atoms with van der Waals surface area (Å²) >= 11 is 1.75. The third kappa shape index (κ3) is 3.86. The zero-order valence-corrected chi connectivity index (χ0v) is 15.1. The first kappa shape index (κ1) is 16.2. The van der Waals surface area contributed by atoms with Crippen LogP contribution in [0.3, 0.4) is 0 Å². The van der Waals surface area contributed by atoms with Crippen LogP contribution in [0.1, 0.15) is 10.6 Å². The van der Waals surface area contributed by atoms with Crippen molar-refractivity contribution in [2.24, 2.45) is 0 Å². The van der Waals surface area contributed by atoms with Crippen LogP contribution < -0.4 is 4.90 Å². The van der Waals surface area contributed by atoms with Crippen molar-refractivity contribution in [3.63, 3.8) is 0 Å². The summed E-state index contributed by atoms with van der Waals surface area (Å²) in [6, 6.07) is 10.4. The molecule has 6 heteroatoms. The maximum Gasteiger partial charge on any atom is 0.225 e. The molecule has 25 heavy (non-hydrogen) atoms. The number of piperazine rings is 1. The number of rotatable bonds is 4. The lowest BCUT2D eigenvalue weighted by Gasteiger charge is -2.34. The molecule has 5 nitrogen and oxygen atoms in total. The average molecular weight is 351 g/mol. The fourth-order valence-corrected chi connectivity index (χ4v) is 3.82. The Bertz CT molecular complexity index is 807. The molecule has 1 aromatic carbocycles. The Hall–Kier alpha value is -2.31. The highest BCUT2D eigenvalue weighted by Crippen LogP contribution is 2.23. The van der Waals surface area contributed by atoms with Gasteiger partial charge in [0, 0.05) is 49.5 Å². The second-order valence-electron chi connectivity index (χ2n) is 6.32. The highest BCUT2D eigenvalue weighted by molar-refractivity contribution is 7.09. The minimum Gasteiger partial charge on any atom is -0.338 e. The van der Waals surface area contributed by atoms with Gasteiger partial charge in [0.1, 0.15) is 5.01 Å². The topological polar surface area (TPSA) is 45.2 Å². The molecule has 0 N–H and O–H groups in total. The third-order valence-corrected chi connectivity index (χ3v) is 5.24. The SMILES string of the molecule is Cc1cnc(N2CCN(Cc3nc(-c4ccccc4)cs3)CC2)nc1. The summed E-state index contributed by atoms with van der Waals surface area (Å²) in [4.78, 5) is 18.4. The second kappa shape index (κ2) is 7.29. The molecule has 1 saturated heterocycles. The molecule has 1 fully saturated rings. The molecule has 3 heterocycles. The van der Waals surface area contributed by atoms with Gasteiger partial charge in [0.15, 0.2) is 0 Å². The van der Waals surface area contributed by atoms with Gasteiger partial charge in [-0.2, -0.15) is 0 Å². The maximum absolute atomic E-state index is 4.80. The van der Waals surface area contributed by atoms with Crippen LogP contribution in [0.25, 0.3) is 11.3 Å². The van der Waals surface area contributed by atoms with Crippen LogP contribution in [0.5, 0.6) is 0 Å². The van der Waals surface area contributed by atoms with Gasteiger partial charge in [-0.3, -0.25) is 4.90 Å². The van der Waals surface area contributed by atoms with Crippen molar-refractivity contribution >= 4 is 17.3 Å². The average Bonchev–Trinajstić information content (AvgIpc) is 3.12. The van der Waals surface area contributed by atoms with Gasteiger partial charge >= 0.3 is 0 Å². The molecule has 3 aromatic rings. The van der Waals surface area contributed by atoms with Crippen molar-refractivity contribution in [3.8, 4) is 11.3 Å². The molecule has 0 spiro atoms. The number of hydrogen-bond donors (Lipinski definition) is 0. The van der Waals surface area contributed by atoms with Crippen molar-refractivity contribution in [1.82, 2.24) is 19.9 Å². The van der Waals surface area contributed by atoms with Crippen molar-refractivity contribution in [3.05, 3.63) is 58.7 Å². The van der Waals surface area contributed by atoms with Gasteiger partial charge in [0.25, 0.3) is 0 Å². The first-order chi connectivity index (χ1) is 12.3. The van der Waals surface area contributed by atoms with Crippen LogP contribution in [0.4, 0.5) is 5.95 Å². The maximum atomic E-state index is 4.80. The van der Waals surface area contributed by atoms with Gasteiger partial charge in [0.2, 0.25) is 5.95 Å². The number of nitrogens with zero attached hydrogens (tertiary/aromatic N) is 5. The lowest BCUT2D eigenvalue weighted by atomic mass is 10.2. The Morgan fingerprint density at radius 2 is 1.72 bits per heavy atom. The quantitative estimate of drug-likeness (QED) is 0.722. The normalized spacial score (nSPS) is 15.5. The van der Waals surface area contributed by atoms with Gasteiger partial charge in [-0.05, 0) is 12.5 Å². The van der Waals surface area contributed by atoms with E-state index in [1.54, 1.807) is 11.3 Å². The van der Waals surface area contributed by atoms with E-state index in [1.807, 2.05) is 25.4 Å². The molecule has 128 valence electrons. The molecule has 0 atom stereocenters.